The van der Waals surface area contributed by atoms with Crippen molar-refractivity contribution in [1.29, 1.82) is 0 Å². The number of thioether (sulfide) groups is 1. The number of nitrogens with one attached hydrogen (secondary N) is 1. The minimum atomic E-state index is 0.885. The minimum absolute atomic E-state index is 0.885. The number of hydrogen-bond donors (Lipinski definition) is 1. The molecule has 3 nitrogen and oxygen atoms in total. The van der Waals surface area contributed by atoms with Gasteiger partial charge in [0.1, 0.15) is 5.52 Å². The van der Waals surface area contributed by atoms with E-state index >= 15 is 0 Å². The molecule has 0 aliphatic heterocycles. The Balaban J connectivity index is 2.55. The Morgan fingerprint density at radius 2 is 2.38 bits per heavy atom. The van der Waals surface area contributed by atoms with Gasteiger partial charge in [-0.2, -0.15) is 0 Å². The second kappa shape index (κ2) is 3.38. The Kier molecular flexibility index (Phi) is 2.22. The fourth-order valence-electron chi connectivity index (χ4n) is 1.22. The molecule has 2 rings (SSSR count). The van der Waals surface area contributed by atoms with Crippen LogP contribution in [0.5, 0.6) is 0 Å². The van der Waals surface area contributed by atoms with Crippen molar-refractivity contribution in [3.63, 3.8) is 0 Å². The quantitative estimate of drug-likeness (QED) is 0.744. The Hall–Kier alpha value is -1.03. The lowest BCUT2D eigenvalue weighted by atomic mass is 10.3. The minimum Gasteiger partial charge on any atom is -0.318 e. The van der Waals surface area contributed by atoms with Gasteiger partial charge in [0.25, 0.3) is 0 Å². The molecule has 0 radical (unpaired) electrons. The summed E-state index contributed by atoms with van der Waals surface area (Å²) >= 11 is 1.70. The number of imidazole rings is 1. The first-order valence-corrected chi connectivity index (χ1v) is 5.24. The molecule has 0 fully saturated rings. The SMILES string of the molecule is CCSc1nc2c(C)ccnc2[nH]1. The highest BCUT2D eigenvalue weighted by molar-refractivity contribution is 7.99. The smallest absolute Gasteiger partial charge is 0.167 e. The van der Waals surface area contributed by atoms with Crippen LogP contribution < -0.4 is 0 Å². The van der Waals surface area contributed by atoms with Crippen molar-refractivity contribution in [2.45, 2.75) is 19.0 Å². The van der Waals surface area contributed by atoms with E-state index in [1.165, 1.54) is 5.56 Å². The van der Waals surface area contributed by atoms with E-state index in [9.17, 15) is 0 Å². The van der Waals surface area contributed by atoms with Crippen molar-refractivity contribution in [2.75, 3.05) is 5.75 Å². The highest BCUT2D eigenvalue weighted by Gasteiger charge is 2.04. The van der Waals surface area contributed by atoms with Gasteiger partial charge in [0.05, 0.1) is 0 Å². The van der Waals surface area contributed by atoms with Crippen LogP contribution in [-0.2, 0) is 0 Å². The van der Waals surface area contributed by atoms with Crippen molar-refractivity contribution in [1.82, 2.24) is 15.0 Å². The Labute approximate surface area is 81.0 Å². The van der Waals surface area contributed by atoms with Crippen molar-refractivity contribution in [3.8, 4) is 0 Å². The lowest BCUT2D eigenvalue weighted by Gasteiger charge is -1.89. The molecule has 2 aromatic rings. The van der Waals surface area contributed by atoms with Gasteiger partial charge in [-0.25, -0.2) is 9.97 Å². The van der Waals surface area contributed by atoms with Crippen molar-refractivity contribution in [3.05, 3.63) is 17.8 Å². The van der Waals surface area contributed by atoms with Gasteiger partial charge in [-0.1, -0.05) is 18.7 Å². The van der Waals surface area contributed by atoms with Crippen LogP contribution in [0.1, 0.15) is 12.5 Å². The van der Waals surface area contributed by atoms with E-state index in [2.05, 4.69) is 21.9 Å². The summed E-state index contributed by atoms with van der Waals surface area (Å²) in [6.07, 6.45) is 1.80. The number of aryl methyl sites for hydroxylation is 1. The second-order valence-corrected chi connectivity index (χ2v) is 4.05. The number of pyridine rings is 1. The maximum absolute atomic E-state index is 4.45. The maximum atomic E-state index is 4.45. The molecule has 0 spiro atoms. The van der Waals surface area contributed by atoms with E-state index in [1.54, 1.807) is 18.0 Å². The number of hydrogen-bond acceptors (Lipinski definition) is 3. The van der Waals surface area contributed by atoms with E-state index in [0.717, 1.165) is 22.1 Å². The number of aromatic amines is 1. The molecule has 13 heavy (non-hydrogen) atoms. The molecule has 2 heterocycles. The summed E-state index contributed by atoms with van der Waals surface area (Å²) in [7, 11) is 0. The van der Waals surface area contributed by atoms with Crippen molar-refractivity contribution in [2.24, 2.45) is 0 Å². The lowest BCUT2D eigenvalue weighted by Crippen LogP contribution is -1.78. The Bertz CT molecular complexity index is 422. The molecule has 0 bridgehead atoms. The van der Waals surface area contributed by atoms with E-state index in [-0.39, 0.29) is 0 Å². The zero-order chi connectivity index (χ0) is 9.26. The summed E-state index contributed by atoms with van der Waals surface area (Å²) in [5, 5.41) is 0.958. The second-order valence-electron chi connectivity index (χ2n) is 2.80. The first kappa shape index (κ1) is 8.56. The number of fused-ring (bicyclic) bond motifs is 1. The van der Waals surface area contributed by atoms with E-state index in [4.69, 9.17) is 0 Å². The summed E-state index contributed by atoms with van der Waals surface area (Å²) in [6, 6.07) is 1.98. The largest absolute Gasteiger partial charge is 0.318 e. The van der Waals surface area contributed by atoms with Gasteiger partial charge >= 0.3 is 0 Å². The average molecular weight is 193 g/mol. The van der Waals surface area contributed by atoms with Crippen LogP contribution in [0.3, 0.4) is 0 Å². The lowest BCUT2D eigenvalue weighted by molar-refractivity contribution is 1.07. The topological polar surface area (TPSA) is 41.6 Å². The van der Waals surface area contributed by atoms with Crippen LogP contribution in [0.15, 0.2) is 17.4 Å². The fraction of sp³-hybridized carbons (Fsp3) is 0.333. The van der Waals surface area contributed by atoms with Crippen LogP contribution in [0.2, 0.25) is 0 Å². The van der Waals surface area contributed by atoms with Gasteiger partial charge in [-0.05, 0) is 24.3 Å². The first-order chi connectivity index (χ1) is 6.31. The molecule has 0 amide bonds. The standard InChI is InChI=1S/C9H11N3S/c1-3-13-9-11-7-6(2)4-5-10-8(7)12-9/h4-5H,3H2,1-2H3,(H,10,11,12). The molecule has 1 N–H and O–H groups in total. The van der Waals surface area contributed by atoms with E-state index < -0.39 is 0 Å². The molecule has 0 aromatic carbocycles. The first-order valence-electron chi connectivity index (χ1n) is 4.25. The van der Waals surface area contributed by atoms with Crippen molar-refractivity contribution >= 4 is 22.9 Å². The van der Waals surface area contributed by atoms with Gasteiger partial charge in [0.15, 0.2) is 10.8 Å². The van der Waals surface area contributed by atoms with Gasteiger partial charge in [-0.3, -0.25) is 0 Å². The van der Waals surface area contributed by atoms with Crippen LogP contribution in [0, 0.1) is 6.92 Å². The van der Waals surface area contributed by atoms with Crippen LogP contribution in [0.4, 0.5) is 0 Å². The highest BCUT2D eigenvalue weighted by atomic mass is 32.2. The van der Waals surface area contributed by atoms with Gasteiger partial charge in [0, 0.05) is 6.20 Å². The molecule has 0 atom stereocenters. The Morgan fingerprint density at radius 1 is 1.54 bits per heavy atom. The summed E-state index contributed by atoms with van der Waals surface area (Å²) in [4.78, 5) is 11.8. The molecule has 0 aliphatic carbocycles. The summed E-state index contributed by atoms with van der Waals surface area (Å²) in [5.74, 6) is 1.03. The summed E-state index contributed by atoms with van der Waals surface area (Å²) in [5.41, 5.74) is 3.04. The van der Waals surface area contributed by atoms with Gasteiger partial charge < -0.3 is 4.98 Å². The van der Waals surface area contributed by atoms with Crippen LogP contribution >= 0.6 is 11.8 Å². The molecular formula is C9H11N3S. The zero-order valence-corrected chi connectivity index (χ0v) is 8.48. The number of nitrogens with zero attached hydrogens (tertiary/aromatic N) is 2. The molecule has 2 aromatic heterocycles. The maximum Gasteiger partial charge on any atom is 0.167 e. The highest BCUT2D eigenvalue weighted by Crippen LogP contribution is 2.19. The third-order valence-electron chi connectivity index (χ3n) is 1.85. The number of H-pyrrole nitrogens is 1. The molecule has 68 valence electrons. The van der Waals surface area contributed by atoms with Crippen LogP contribution in [0.25, 0.3) is 11.2 Å². The summed E-state index contributed by atoms with van der Waals surface area (Å²) in [6.45, 7) is 4.16. The zero-order valence-electron chi connectivity index (χ0n) is 7.66. The third kappa shape index (κ3) is 1.54. The van der Waals surface area contributed by atoms with Crippen molar-refractivity contribution < 1.29 is 0 Å². The fourth-order valence-corrected chi connectivity index (χ4v) is 1.82. The normalized spacial score (nSPS) is 10.9. The molecule has 4 heteroatoms. The predicted octanol–water partition coefficient (Wildman–Crippen LogP) is 2.38. The van der Waals surface area contributed by atoms with Crippen LogP contribution in [-0.4, -0.2) is 20.7 Å². The van der Waals surface area contributed by atoms with Gasteiger partial charge in [0.2, 0.25) is 0 Å². The predicted molar refractivity (Wildman–Crippen MR) is 55.0 cm³/mol. The third-order valence-corrected chi connectivity index (χ3v) is 2.60. The van der Waals surface area contributed by atoms with Gasteiger partial charge in [-0.15, -0.1) is 0 Å². The van der Waals surface area contributed by atoms with E-state index in [0.29, 0.717) is 0 Å². The average Bonchev–Trinajstić information content (AvgIpc) is 2.49. The number of aromatic nitrogens is 3. The molecular weight excluding hydrogens is 182 g/mol. The monoisotopic (exact) mass is 193 g/mol. The number of rotatable bonds is 2. The van der Waals surface area contributed by atoms with E-state index in [1.807, 2.05) is 13.0 Å². The molecule has 0 saturated heterocycles. The Morgan fingerprint density at radius 3 is 3.08 bits per heavy atom. The molecule has 0 unspecified atom stereocenters. The molecule has 0 aliphatic rings. The summed E-state index contributed by atoms with van der Waals surface area (Å²) < 4.78 is 0. The molecule has 0 saturated carbocycles.